The maximum absolute atomic E-state index is 12.1. The molecule has 112 valence electrons. The summed E-state index contributed by atoms with van der Waals surface area (Å²) < 4.78 is 0. The predicted octanol–water partition coefficient (Wildman–Crippen LogP) is 3.37. The first-order chi connectivity index (χ1) is 8.85. The van der Waals surface area contributed by atoms with Gasteiger partial charge in [0, 0.05) is 18.0 Å². The molecule has 1 aromatic carbocycles. The van der Waals surface area contributed by atoms with E-state index in [1.54, 1.807) is 6.07 Å². The highest BCUT2D eigenvalue weighted by molar-refractivity contribution is 6.42. The predicted molar refractivity (Wildman–Crippen MR) is 85.8 cm³/mol. The van der Waals surface area contributed by atoms with E-state index in [9.17, 15) is 4.79 Å². The molecule has 0 aliphatic heterocycles. The molecule has 0 radical (unpaired) electrons. The van der Waals surface area contributed by atoms with Gasteiger partial charge in [-0.3, -0.25) is 4.79 Å². The number of hydrogen-bond donors (Lipinski definition) is 2. The Morgan fingerprint density at radius 3 is 2.70 bits per heavy atom. The minimum Gasteiger partial charge on any atom is -0.350 e. The Hall–Kier alpha value is -0.480. The molecule has 2 unspecified atom stereocenters. The second kappa shape index (κ2) is 6.52. The van der Waals surface area contributed by atoms with Crippen molar-refractivity contribution in [2.45, 2.75) is 31.7 Å². The minimum atomic E-state index is -0.373. The maximum Gasteiger partial charge on any atom is 0.224 e. The monoisotopic (exact) mass is 336 g/mol. The number of hydrogen-bond acceptors (Lipinski definition) is 2. The van der Waals surface area contributed by atoms with Gasteiger partial charge in [-0.25, -0.2) is 0 Å². The Kier molecular flexibility index (Phi) is 5.73. The van der Waals surface area contributed by atoms with Crippen molar-refractivity contribution in [1.29, 1.82) is 0 Å². The van der Waals surface area contributed by atoms with Crippen LogP contribution in [0.25, 0.3) is 0 Å². The lowest BCUT2D eigenvalue weighted by molar-refractivity contribution is -0.123. The summed E-state index contributed by atoms with van der Waals surface area (Å²) in [5, 5.41) is 4.05. The topological polar surface area (TPSA) is 55.1 Å². The molecule has 0 saturated heterocycles. The van der Waals surface area contributed by atoms with Crippen molar-refractivity contribution >= 4 is 41.5 Å². The average molecular weight is 338 g/mol. The zero-order valence-corrected chi connectivity index (χ0v) is 13.8. The molecule has 2 rings (SSSR count). The van der Waals surface area contributed by atoms with Gasteiger partial charge in [0.1, 0.15) is 0 Å². The van der Waals surface area contributed by atoms with E-state index in [0.717, 1.165) is 12.0 Å². The quantitative estimate of drug-likeness (QED) is 0.885. The summed E-state index contributed by atoms with van der Waals surface area (Å²) in [7, 11) is 0. The lowest BCUT2D eigenvalue weighted by Crippen LogP contribution is -2.49. The fourth-order valence-corrected chi connectivity index (χ4v) is 2.56. The van der Waals surface area contributed by atoms with Crippen molar-refractivity contribution in [3.63, 3.8) is 0 Å². The van der Waals surface area contributed by atoms with Crippen LogP contribution in [0.2, 0.25) is 10.0 Å². The summed E-state index contributed by atoms with van der Waals surface area (Å²) in [6.07, 6.45) is 0.812. The van der Waals surface area contributed by atoms with Crippen LogP contribution in [0.3, 0.4) is 0 Å². The van der Waals surface area contributed by atoms with E-state index in [4.69, 9.17) is 28.9 Å². The molecule has 0 bridgehead atoms. The molecular weight excluding hydrogens is 319 g/mol. The van der Waals surface area contributed by atoms with Gasteiger partial charge in [0.15, 0.2) is 0 Å². The Morgan fingerprint density at radius 1 is 1.45 bits per heavy atom. The molecule has 0 spiro atoms. The normalized spacial score (nSPS) is 21.1. The Labute approximate surface area is 135 Å². The van der Waals surface area contributed by atoms with Crippen molar-refractivity contribution < 1.29 is 4.79 Å². The molecular formula is C14H19Cl3N2O. The van der Waals surface area contributed by atoms with Gasteiger partial charge in [0.2, 0.25) is 5.91 Å². The number of benzene rings is 1. The Balaban J connectivity index is 0.00000200. The van der Waals surface area contributed by atoms with Crippen LogP contribution in [0.1, 0.15) is 31.7 Å². The first-order valence-electron chi connectivity index (χ1n) is 6.32. The highest BCUT2D eigenvalue weighted by Gasteiger charge is 2.45. The molecule has 1 aliphatic carbocycles. The first-order valence-corrected chi connectivity index (χ1v) is 7.07. The van der Waals surface area contributed by atoms with Crippen LogP contribution < -0.4 is 11.1 Å². The maximum atomic E-state index is 12.1. The molecule has 1 fully saturated rings. The number of amides is 1. The van der Waals surface area contributed by atoms with E-state index in [-0.39, 0.29) is 35.7 Å². The number of nitrogens with one attached hydrogen (secondary N) is 1. The minimum absolute atomic E-state index is 0. The Bertz CT molecular complexity index is 505. The second-order valence-electron chi connectivity index (χ2n) is 5.67. The number of halogens is 3. The highest BCUT2D eigenvalue weighted by Crippen LogP contribution is 2.50. The molecule has 1 amide bonds. The molecule has 3 nitrogen and oxygen atoms in total. The van der Waals surface area contributed by atoms with Gasteiger partial charge in [-0.05, 0) is 37.8 Å². The van der Waals surface area contributed by atoms with E-state index in [1.807, 2.05) is 26.0 Å². The van der Waals surface area contributed by atoms with Gasteiger partial charge in [-0.1, -0.05) is 35.3 Å². The third kappa shape index (κ3) is 3.79. The van der Waals surface area contributed by atoms with Crippen molar-refractivity contribution in [2.24, 2.45) is 11.7 Å². The van der Waals surface area contributed by atoms with Crippen LogP contribution in [0.15, 0.2) is 18.2 Å². The summed E-state index contributed by atoms with van der Waals surface area (Å²) in [5.74, 6) is 0.179. The fraction of sp³-hybridized carbons (Fsp3) is 0.500. The number of carbonyl (C=O) groups excluding carboxylic acids is 1. The van der Waals surface area contributed by atoms with Crippen LogP contribution >= 0.6 is 35.6 Å². The van der Waals surface area contributed by atoms with Crippen molar-refractivity contribution in [1.82, 2.24) is 5.32 Å². The molecule has 3 N–H and O–H groups in total. The lowest BCUT2D eigenvalue weighted by atomic mass is 10.0. The van der Waals surface area contributed by atoms with E-state index >= 15 is 0 Å². The van der Waals surface area contributed by atoms with Crippen molar-refractivity contribution in [3.8, 4) is 0 Å². The SMILES string of the molecule is CC(C)(CN)NC(=O)C1CC1c1cccc(Cl)c1Cl.Cl. The molecule has 1 saturated carbocycles. The largest absolute Gasteiger partial charge is 0.350 e. The van der Waals surface area contributed by atoms with Crippen LogP contribution in [0.5, 0.6) is 0 Å². The van der Waals surface area contributed by atoms with Crippen LogP contribution in [-0.2, 0) is 4.79 Å². The zero-order valence-electron chi connectivity index (χ0n) is 11.5. The molecule has 2 atom stereocenters. The van der Waals surface area contributed by atoms with Gasteiger partial charge >= 0.3 is 0 Å². The number of nitrogens with two attached hydrogens (primary N) is 1. The van der Waals surface area contributed by atoms with E-state index in [1.165, 1.54) is 0 Å². The van der Waals surface area contributed by atoms with Gasteiger partial charge < -0.3 is 11.1 Å². The molecule has 6 heteroatoms. The van der Waals surface area contributed by atoms with Crippen molar-refractivity contribution in [2.75, 3.05) is 6.54 Å². The molecule has 20 heavy (non-hydrogen) atoms. The molecule has 0 aromatic heterocycles. The summed E-state index contributed by atoms with van der Waals surface area (Å²) in [6, 6.07) is 5.54. The molecule has 0 heterocycles. The smallest absolute Gasteiger partial charge is 0.224 e. The van der Waals surface area contributed by atoms with Crippen LogP contribution in [0.4, 0.5) is 0 Å². The Morgan fingerprint density at radius 2 is 2.10 bits per heavy atom. The van der Waals surface area contributed by atoms with Crippen LogP contribution in [-0.4, -0.2) is 18.0 Å². The number of rotatable bonds is 4. The highest BCUT2D eigenvalue weighted by atomic mass is 35.5. The third-order valence-electron chi connectivity index (χ3n) is 3.48. The van der Waals surface area contributed by atoms with Crippen LogP contribution in [0, 0.1) is 5.92 Å². The summed E-state index contributed by atoms with van der Waals surface area (Å²) in [4.78, 5) is 12.1. The fourth-order valence-electron chi connectivity index (χ4n) is 2.11. The average Bonchev–Trinajstić information content (AvgIpc) is 3.12. The van der Waals surface area contributed by atoms with Gasteiger partial charge in [-0.2, -0.15) is 0 Å². The molecule has 1 aliphatic rings. The number of carbonyl (C=O) groups is 1. The standard InChI is InChI=1S/C14H18Cl2N2O.ClH/c1-14(2,7-17)18-13(19)10-6-9(10)8-4-3-5-11(15)12(8)16;/h3-5,9-10H,6-7,17H2,1-2H3,(H,18,19);1H. The van der Waals surface area contributed by atoms with Crippen molar-refractivity contribution in [3.05, 3.63) is 33.8 Å². The lowest BCUT2D eigenvalue weighted by Gasteiger charge is -2.24. The van der Waals surface area contributed by atoms with Gasteiger partial charge in [0.25, 0.3) is 0 Å². The first kappa shape index (κ1) is 17.6. The van der Waals surface area contributed by atoms with E-state index in [2.05, 4.69) is 5.32 Å². The van der Waals surface area contributed by atoms with E-state index < -0.39 is 0 Å². The summed E-state index contributed by atoms with van der Waals surface area (Å²) in [6.45, 7) is 4.23. The third-order valence-corrected chi connectivity index (χ3v) is 4.31. The summed E-state index contributed by atoms with van der Waals surface area (Å²) in [5.41, 5.74) is 6.20. The zero-order chi connectivity index (χ0) is 14.2. The van der Waals surface area contributed by atoms with Gasteiger partial charge in [0.05, 0.1) is 10.0 Å². The van der Waals surface area contributed by atoms with Gasteiger partial charge in [-0.15, -0.1) is 12.4 Å². The second-order valence-corrected chi connectivity index (χ2v) is 6.45. The molecule has 1 aromatic rings. The van der Waals surface area contributed by atoms with E-state index in [0.29, 0.717) is 16.6 Å². The summed E-state index contributed by atoms with van der Waals surface area (Å²) >= 11 is 12.2.